The second kappa shape index (κ2) is 5.85. The molecule has 0 spiro atoms. The number of anilines is 2. The molecule has 0 aliphatic heterocycles. The van der Waals surface area contributed by atoms with Gasteiger partial charge in [0.1, 0.15) is 5.02 Å². The van der Waals surface area contributed by atoms with Gasteiger partial charge in [0.25, 0.3) is 5.69 Å². The summed E-state index contributed by atoms with van der Waals surface area (Å²) in [7, 11) is 0. The first-order valence-corrected chi connectivity index (χ1v) is 7.41. The standard InChI is InChI=1S/C17H14ClN3O2/c1-10-3-5-13-15(7-8-19-17(13)11(10)2)20-12-4-6-14(18)16(9-12)21(22)23/h3-9H,1-2H3,(H,19,20). The van der Waals surface area contributed by atoms with Gasteiger partial charge in [-0.05, 0) is 43.2 Å². The third kappa shape index (κ3) is 2.83. The van der Waals surface area contributed by atoms with Gasteiger partial charge >= 0.3 is 0 Å². The molecule has 0 radical (unpaired) electrons. The minimum atomic E-state index is -0.494. The van der Waals surface area contributed by atoms with Crippen LogP contribution < -0.4 is 5.32 Å². The number of rotatable bonds is 3. The van der Waals surface area contributed by atoms with Crippen molar-refractivity contribution < 1.29 is 4.92 Å². The summed E-state index contributed by atoms with van der Waals surface area (Å²) in [6.07, 6.45) is 1.72. The lowest BCUT2D eigenvalue weighted by Crippen LogP contribution is -1.96. The van der Waals surface area contributed by atoms with Gasteiger partial charge in [-0.15, -0.1) is 0 Å². The molecular weight excluding hydrogens is 314 g/mol. The van der Waals surface area contributed by atoms with Crippen LogP contribution in [0.5, 0.6) is 0 Å². The van der Waals surface area contributed by atoms with Gasteiger partial charge in [-0.1, -0.05) is 23.7 Å². The van der Waals surface area contributed by atoms with Crippen LogP contribution in [0.4, 0.5) is 17.1 Å². The number of nitrogens with zero attached hydrogens (tertiary/aromatic N) is 2. The smallest absolute Gasteiger partial charge is 0.289 e. The van der Waals surface area contributed by atoms with Gasteiger partial charge in [0.2, 0.25) is 0 Å². The Labute approximate surface area is 138 Å². The van der Waals surface area contributed by atoms with E-state index in [1.807, 2.05) is 32.0 Å². The van der Waals surface area contributed by atoms with E-state index in [0.717, 1.165) is 22.2 Å². The number of hydrogen-bond donors (Lipinski definition) is 1. The van der Waals surface area contributed by atoms with E-state index in [9.17, 15) is 10.1 Å². The van der Waals surface area contributed by atoms with Crippen LogP contribution in [0.15, 0.2) is 42.6 Å². The Balaban J connectivity index is 2.07. The summed E-state index contributed by atoms with van der Waals surface area (Å²) < 4.78 is 0. The molecule has 0 saturated carbocycles. The number of pyridine rings is 1. The van der Waals surface area contributed by atoms with Crippen molar-refractivity contribution in [2.75, 3.05) is 5.32 Å². The molecule has 6 heteroatoms. The minimum absolute atomic E-state index is 0.117. The summed E-state index contributed by atoms with van der Waals surface area (Å²) >= 11 is 5.85. The highest BCUT2D eigenvalue weighted by Crippen LogP contribution is 2.32. The van der Waals surface area contributed by atoms with E-state index < -0.39 is 4.92 Å². The van der Waals surface area contributed by atoms with E-state index in [1.165, 1.54) is 17.7 Å². The molecule has 0 saturated heterocycles. The Morgan fingerprint density at radius 2 is 1.96 bits per heavy atom. The van der Waals surface area contributed by atoms with Gasteiger partial charge in [0, 0.05) is 29.0 Å². The number of benzene rings is 2. The predicted molar refractivity (Wildman–Crippen MR) is 92.6 cm³/mol. The number of hydrogen-bond acceptors (Lipinski definition) is 4. The second-order valence-electron chi connectivity index (χ2n) is 5.31. The Kier molecular flexibility index (Phi) is 3.88. The number of nitro groups is 1. The van der Waals surface area contributed by atoms with Crippen LogP contribution in [0, 0.1) is 24.0 Å². The lowest BCUT2D eigenvalue weighted by Gasteiger charge is -2.12. The summed E-state index contributed by atoms with van der Waals surface area (Å²) in [6, 6.07) is 10.5. The first-order valence-electron chi connectivity index (χ1n) is 7.03. The zero-order chi connectivity index (χ0) is 16.6. The first-order chi connectivity index (χ1) is 11.0. The maximum Gasteiger partial charge on any atom is 0.289 e. The molecule has 5 nitrogen and oxygen atoms in total. The van der Waals surface area contributed by atoms with E-state index in [4.69, 9.17) is 11.6 Å². The average Bonchev–Trinajstić information content (AvgIpc) is 2.53. The van der Waals surface area contributed by atoms with Crippen molar-refractivity contribution in [1.82, 2.24) is 4.98 Å². The number of fused-ring (bicyclic) bond motifs is 1. The maximum atomic E-state index is 11.0. The van der Waals surface area contributed by atoms with Crippen molar-refractivity contribution in [2.45, 2.75) is 13.8 Å². The molecule has 1 heterocycles. The highest BCUT2D eigenvalue weighted by atomic mass is 35.5. The Morgan fingerprint density at radius 3 is 2.70 bits per heavy atom. The molecule has 3 aromatic rings. The molecule has 3 rings (SSSR count). The van der Waals surface area contributed by atoms with Crippen molar-refractivity contribution in [3.05, 3.63) is 68.9 Å². The summed E-state index contributed by atoms with van der Waals surface area (Å²) in [5, 5.41) is 15.3. The number of aryl methyl sites for hydroxylation is 2. The highest BCUT2D eigenvalue weighted by Gasteiger charge is 2.13. The summed E-state index contributed by atoms with van der Waals surface area (Å²) in [6.45, 7) is 4.07. The SMILES string of the molecule is Cc1ccc2c(Nc3ccc(Cl)c([N+](=O)[O-])c3)ccnc2c1C. The van der Waals surface area contributed by atoms with Gasteiger partial charge in [0.05, 0.1) is 10.4 Å². The van der Waals surface area contributed by atoms with Crippen LogP contribution in [0.25, 0.3) is 10.9 Å². The topological polar surface area (TPSA) is 68.1 Å². The van der Waals surface area contributed by atoms with Crippen LogP contribution in [0.1, 0.15) is 11.1 Å². The molecule has 23 heavy (non-hydrogen) atoms. The van der Waals surface area contributed by atoms with Crippen LogP contribution in [-0.2, 0) is 0 Å². The van der Waals surface area contributed by atoms with Crippen LogP contribution in [0.2, 0.25) is 5.02 Å². The van der Waals surface area contributed by atoms with Crippen molar-refractivity contribution in [3.8, 4) is 0 Å². The molecule has 0 aliphatic carbocycles. The van der Waals surface area contributed by atoms with E-state index in [2.05, 4.69) is 10.3 Å². The Bertz CT molecular complexity index is 925. The van der Waals surface area contributed by atoms with Gasteiger partial charge < -0.3 is 5.32 Å². The Hall–Kier alpha value is -2.66. The molecular formula is C17H14ClN3O2. The fraction of sp³-hybridized carbons (Fsp3) is 0.118. The first kappa shape index (κ1) is 15.2. The lowest BCUT2D eigenvalue weighted by atomic mass is 10.0. The molecule has 0 atom stereocenters. The molecule has 2 aromatic carbocycles. The summed E-state index contributed by atoms with van der Waals surface area (Å²) in [5.74, 6) is 0. The molecule has 0 unspecified atom stereocenters. The van der Waals surface area contributed by atoms with Crippen molar-refractivity contribution >= 4 is 39.6 Å². The van der Waals surface area contributed by atoms with Crippen LogP contribution in [0.3, 0.4) is 0 Å². The molecule has 0 amide bonds. The van der Waals surface area contributed by atoms with Gasteiger partial charge in [-0.2, -0.15) is 0 Å². The summed E-state index contributed by atoms with van der Waals surface area (Å²) in [4.78, 5) is 14.9. The molecule has 0 aliphatic rings. The zero-order valence-corrected chi connectivity index (χ0v) is 13.4. The third-order valence-corrected chi connectivity index (χ3v) is 4.18. The van der Waals surface area contributed by atoms with E-state index in [-0.39, 0.29) is 10.7 Å². The minimum Gasteiger partial charge on any atom is -0.355 e. The van der Waals surface area contributed by atoms with Gasteiger partial charge in [-0.25, -0.2) is 0 Å². The molecule has 116 valence electrons. The van der Waals surface area contributed by atoms with Gasteiger partial charge in [-0.3, -0.25) is 15.1 Å². The fourth-order valence-electron chi connectivity index (χ4n) is 2.46. The van der Waals surface area contributed by atoms with E-state index in [0.29, 0.717) is 5.69 Å². The van der Waals surface area contributed by atoms with Crippen molar-refractivity contribution in [1.29, 1.82) is 0 Å². The predicted octanol–water partition coefficient (Wildman–Crippen LogP) is 5.16. The maximum absolute atomic E-state index is 11.0. The normalized spacial score (nSPS) is 10.7. The third-order valence-electron chi connectivity index (χ3n) is 3.86. The number of nitro benzene ring substituents is 1. The quantitative estimate of drug-likeness (QED) is 0.533. The molecule has 0 fully saturated rings. The van der Waals surface area contributed by atoms with Crippen LogP contribution in [-0.4, -0.2) is 9.91 Å². The zero-order valence-electron chi connectivity index (χ0n) is 12.6. The van der Waals surface area contributed by atoms with E-state index in [1.54, 1.807) is 12.3 Å². The largest absolute Gasteiger partial charge is 0.355 e. The van der Waals surface area contributed by atoms with Crippen LogP contribution >= 0.6 is 11.6 Å². The van der Waals surface area contributed by atoms with E-state index >= 15 is 0 Å². The van der Waals surface area contributed by atoms with Gasteiger partial charge in [0.15, 0.2) is 0 Å². The second-order valence-corrected chi connectivity index (χ2v) is 5.72. The fourth-order valence-corrected chi connectivity index (χ4v) is 2.64. The number of nitrogens with one attached hydrogen (secondary N) is 1. The molecule has 1 N–H and O–H groups in total. The van der Waals surface area contributed by atoms with Crippen molar-refractivity contribution in [2.24, 2.45) is 0 Å². The lowest BCUT2D eigenvalue weighted by molar-refractivity contribution is -0.384. The monoisotopic (exact) mass is 327 g/mol. The average molecular weight is 328 g/mol. The highest BCUT2D eigenvalue weighted by molar-refractivity contribution is 6.32. The van der Waals surface area contributed by atoms with Crippen molar-refractivity contribution in [3.63, 3.8) is 0 Å². The molecule has 0 bridgehead atoms. The molecule has 1 aromatic heterocycles. The summed E-state index contributed by atoms with van der Waals surface area (Å²) in [5.41, 5.74) is 4.53. The number of aromatic nitrogens is 1. The number of halogens is 1. The Morgan fingerprint density at radius 1 is 1.17 bits per heavy atom.